The molecule has 20 heavy (non-hydrogen) atoms. The molecule has 1 fully saturated rings. The first kappa shape index (κ1) is 13.0. The smallest absolute Gasteiger partial charge is 0.222 e. The number of aromatic nitrogens is 1. The Hall–Kier alpha value is -1.97. The second-order valence-electron chi connectivity index (χ2n) is 5.37. The molecule has 1 aromatic heterocycles. The Labute approximate surface area is 118 Å². The standard InChI is InChI=1S/C16H20N2O2/c1-12-11-13-5-3-6-14(16(13)17(12)2)20-10-9-18-8-4-7-15(18)19/h3,5-6,11H,4,7-10H2,1-2H3. The van der Waals surface area contributed by atoms with Gasteiger partial charge in [0.05, 0.1) is 12.1 Å². The van der Waals surface area contributed by atoms with Crippen LogP contribution in [-0.4, -0.2) is 35.1 Å². The van der Waals surface area contributed by atoms with Crippen LogP contribution in [0.4, 0.5) is 0 Å². The first-order valence-corrected chi connectivity index (χ1v) is 7.12. The summed E-state index contributed by atoms with van der Waals surface area (Å²) in [6.45, 7) is 4.19. The van der Waals surface area contributed by atoms with Crippen LogP contribution < -0.4 is 4.74 Å². The first-order valence-electron chi connectivity index (χ1n) is 7.12. The Kier molecular flexibility index (Phi) is 3.38. The summed E-state index contributed by atoms with van der Waals surface area (Å²) in [6.07, 6.45) is 1.66. The van der Waals surface area contributed by atoms with Gasteiger partial charge in [-0.25, -0.2) is 0 Å². The van der Waals surface area contributed by atoms with Gasteiger partial charge in [-0.05, 0) is 25.5 Å². The summed E-state index contributed by atoms with van der Waals surface area (Å²) < 4.78 is 8.05. The molecule has 0 bridgehead atoms. The topological polar surface area (TPSA) is 34.5 Å². The molecule has 0 aliphatic carbocycles. The van der Waals surface area contributed by atoms with E-state index in [1.165, 1.54) is 11.1 Å². The zero-order valence-corrected chi connectivity index (χ0v) is 12.1. The van der Waals surface area contributed by atoms with Crippen molar-refractivity contribution in [1.82, 2.24) is 9.47 Å². The van der Waals surface area contributed by atoms with Gasteiger partial charge in [0.1, 0.15) is 12.4 Å². The highest BCUT2D eigenvalue weighted by atomic mass is 16.5. The monoisotopic (exact) mass is 272 g/mol. The van der Waals surface area contributed by atoms with E-state index in [4.69, 9.17) is 4.74 Å². The van der Waals surface area contributed by atoms with Crippen LogP contribution in [0.2, 0.25) is 0 Å². The summed E-state index contributed by atoms with van der Waals surface area (Å²) in [5.41, 5.74) is 2.34. The van der Waals surface area contributed by atoms with Crippen molar-refractivity contribution >= 4 is 16.8 Å². The van der Waals surface area contributed by atoms with Crippen molar-refractivity contribution in [3.63, 3.8) is 0 Å². The lowest BCUT2D eigenvalue weighted by Gasteiger charge is -2.16. The minimum absolute atomic E-state index is 0.251. The van der Waals surface area contributed by atoms with E-state index in [0.717, 1.165) is 24.2 Å². The first-order chi connectivity index (χ1) is 9.66. The number of rotatable bonds is 4. The molecule has 0 saturated carbocycles. The highest BCUT2D eigenvalue weighted by Crippen LogP contribution is 2.27. The molecule has 0 N–H and O–H groups in total. The van der Waals surface area contributed by atoms with Crippen LogP contribution in [0.3, 0.4) is 0 Å². The van der Waals surface area contributed by atoms with E-state index >= 15 is 0 Å². The quantitative estimate of drug-likeness (QED) is 0.857. The van der Waals surface area contributed by atoms with Crippen molar-refractivity contribution in [2.75, 3.05) is 19.7 Å². The van der Waals surface area contributed by atoms with Crippen molar-refractivity contribution < 1.29 is 9.53 Å². The van der Waals surface area contributed by atoms with Gasteiger partial charge in [0.25, 0.3) is 0 Å². The Morgan fingerprint density at radius 2 is 2.20 bits per heavy atom. The maximum absolute atomic E-state index is 11.6. The zero-order valence-electron chi connectivity index (χ0n) is 12.1. The highest BCUT2D eigenvalue weighted by molar-refractivity contribution is 5.86. The SMILES string of the molecule is Cc1cc2cccc(OCCN3CCCC3=O)c2n1C. The maximum Gasteiger partial charge on any atom is 0.222 e. The molecule has 3 rings (SSSR count). The molecule has 1 amide bonds. The average Bonchev–Trinajstić information content (AvgIpc) is 2.96. The molecule has 2 heterocycles. The Morgan fingerprint density at radius 1 is 1.35 bits per heavy atom. The van der Waals surface area contributed by atoms with Crippen LogP contribution >= 0.6 is 0 Å². The minimum atomic E-state index is 0.251. The van der Waals surface area contributed by atoms with Gasteiger partial charge in [0, 0.05) is 31.1 Å². The van der Waals surface area contributed by atoms with Crippen LogP contribution in [0.15, 0.2) is 24.3 Å². The number of hydrogen-bond acceptors (Lipinski definition) is 2. The van der Waals surface area contributed by atoms with E-state index in [2.05, 4.69) is 30.7 Å². The fraction of sp³-hybridized carbons (Fsp3) is 0.438. The van der Waals surface area contributed by atoms with Gasteiger partial charge in [-0.3, -0.25) is 4.79 Å². The third-order valence-corrected chi connectivity index (χ3v) is 4.05. The number of para-hydroxylation sites is 1. The second-order valence-corrected chi connectivity index (χ2v) is 5.37. The van der Waals surface area contributed by atoms with E-state index in [1.807, 2.05) is 17.0 Å². The number of ether oxygens (including phenoxy) is 1. The van der Waals surface area contributed by atoms with Crippen molar-refractivity contribution in [3.8, 4) is 5.75 Å². The molecule has 2 aromatic rings. The minimum Gasteiger partial charge on any atom is -0.490 e. The van der Waals surface area contributed by atoms with E-state index < -0.39 is 0 Å². The van der Waals surface area contributed by atoms with Gasteiger partial charge in [-0.2, -0.15) is 0 Å². The number of likely N-dealkylation sites (tertiary alicyclic amines) is 1. The lowest BCUT2D eigenvalue weighted by Crippen LogP contribution is -2.29. The maximum atomic E-state index is 11.6. The summed E-state index contributed by atoms with van der Waals surface area (Å²) in [7, 11) is 2.05. The highest BCUT2D eigenvalue weighted by Gasteiger charge is 2.19. The Balaban J connectivity index is 1.73. The van der Waals surface area contributed by atoms with E-state index in [1.54, 1.807) is 0 Å². The van der Waals surface area contributed by atoms with E-state index in [9.17, 15) is 4.79 Å². The molecule has 1 aliphatic rings. The Bertz CT molecular complexity index is 645. The van der Waals surface area contributed by atoms with Crippen LogP contribution in [-0.2, 0) is 11.8 Å². The predicted octanol–water partition coefficient (Wildman–Crippen LogP) is 2.49. The van der Waals surface area contributed by atoms with Gasteiger partial charge >= 0.3 is 0 Å². The van der Waals surface area contributed by atoms with E-state index in [0.29, 0.717) is 19.6 Å². The molecule has 0 spiro atoms. The fourth-order valence-electron chi connectivity index (χ4n) is 2.84. The summed E-state index contributed by atoms with van der Waals surface area (Å²) in [5, 5.41) is 1.19. The van der Waals surface area contributed by atoms with Gasteiger partial charge in [0.2, 0.25) is 5.91 Å². The van der Waals surface area contributed by atoms with Crippen LogP contribution in [0, 0.1) is 6.92 Å². The molecular weight excluding hydrogens is 252 g/mol. The van der Waals surface area contributed by atoms with Crippen molar-refractivity contribution in [2.45, 2.75) is 19.8 Å². The molecule has 106 valence electrons. The number of benzene rings is 1. The molecule has 4 nitrogen and oxygen atoms in total. The lowest BCUT2D eigenvalue weighted by molar-refractivity contribution is -0.128. The second kappa shape index (κ2) is 5.19. The van der Waals surface area contributed by atoms with Crippen molar-refractivity contribution in [1.29, 1.82) is 0 Å². The molecule has 0 unspecified atom stereocenters. The number of carbonyl (C=O) groups is 1. The number of amides is 1. The van der Waals surface area contributed by atoms with E-state index in [-0.39, 0.29) is 5.91 Å². The van der Waals surface area contributed by atoms with Gasteiger partial charge in [-0.1, -0.05) is 12.1 Å². The van der Waals surface area contributed by atoms with Crippen LogP contribution in [0.5, 0.6) is 5.75 Å². The van der Waals surface area contributed by atoms with Gasteiger partial charge in [-0.15, -0.1) is 0 Å². The molecule has 4 heteroatoms. The number of aryl methyl sites for hydroxylation is 2. The molecule has 0 atom stereocenters. The van der Waals surface area contributed by atoms with Crippen LogP contribution in [0.1, 0.15) is 18.5 Å². The van der Waals surface area contributed by atoms with Gasteiger partial charge < -0.3 is 14.2 Å². The number of fused-ring (bicyclic) bond motifs is 1. The number of hydrogen-bond donors (Lipinski definition) is 0. The summed E-state index contributed by atoms with van der Waals surface area (Å²) >= 11 is 0. The molecule has 1 aliphatic heterocycles. The number of nitrogens with zero attached hydrogens (tertiary/aromatic N) is 2. The third-order valence-electron chi connectivity index (χ3n) is 4.05. The zero-order chi connectivity index (χ0) is 14.1. The fourth-order valence-corrected chi connectivity index (χ4v) is 2.84. The van der Waals surface area contributed by atoms with Crippen molar-refractivity contribution in [2.24, 2.45) is 7.05 Å². The van der Waals surface area contributed by atoms with Crippen molar-refractivity contribution in [3.05, 3.63) is 30.0 Å². The van der Waals surface area contributed by atoms with Crippen LogP contribution in [0.25, 0.3) is 10.9 Å². The molecule has 0 radical (unpaired) electrons. The largest absolute Gasteiger partial charge is 0.490 e. The summed E-state index contributed by atoms with van der Waals surface area (Å²) in [6, 6.07) is 8.26. The Morgan fingerprint density at radius 3 is 2.95 bits per heavy atom. The average molecular weight is 272 g/mol. The number of carbonyl (C=O) groups excluding carboxylic acids is 1. The molecule has 1 saturated heterocycles. The summed E-state index contributed by atoms with van der Waals surface area (Å²) in [4.78, 5) is 13.4. The predicted molar refractivity (Wildman–Crippen MR) is 79.0 cm³/mol. The lowest BCUT2D eigenvalue weighted by atomic mass is 10.2. The molecular formula is C16H20N2O2. The molecule has 1 aromatic carbocycles. The summed E-state index contributed by atoms with van der Waals surface area (Å²) in [5.74, 6) is 1.14. The van der Waals surface area contributed by atoms with Gasteiger partial charge in [0.15, 0.2) is 0 Å². The third kappa shape index (κ3) is 2.26. The normalized spacial score (nSPS) is 15.3.